The Hall–Kier alpha value is -3.30. The number of fused-ring (bicyclic) bond motifs is 4. The number of rotatable bonds is 6. The average molecular weight is 495 g/mol. The van der Waals surface area contributed by atoms with Crippen molar-refractivity contribution in [2.24, 2.45) is 0 Å². The Bertz CT molecular complexity index is 1160. The summed E-state index contributed by atoms with van der Waals surface area (Å²) in [6, 6.07) is 10.9. The fourth-order valence-corrected chi connectivity index (χ4v) is 5.77. The lowest BCUT2D eigenvalue weighted by Crippen LogP contribution is -2.47. The topological polar surface area (TPSA) is 115 Å². The summed E-state index contributed by atoms with van der Waals surface area (Å²) in [5.41, 5.74) is 2.06. The molecule has 4 atom stereocenters. The van der Waals surface area contributed by atoms with Crippen LogP contribution in [0.5, 0.6) is 17.2 Å². The van der Waals surface area contributed by atoms with Gasteiger partial charge in [-0.3, -0.25) is 9.59 Å². The molecule has 1 saturated heterocycles. The Balaban J connectivity index is 1.16. The van der Waals surface area contributed by atoms with E-state index in [4.69, 9.17) is 18.9 Å². The van der Waals surface area contributed by atoms with E-state index in [1.54, 1.807) is 24.3 Å². The molecule has 3 aliphatic heterocycles. The zero-order valence-corrected chi connectivity index (χ0v) is 19.9. The second-order valence-electron chi connectivity index (χ2n) is 9.93. The molecule has 0 radical (unpaired) electrons. The van der Waals surface area contributed by atoms with Gasteiger partial charge in [0.05, 0.1) is 19.1 Å². The summed E-state index contributed by atoms with van der Waals surface area (Å²) in [6.07, 6.45) is 4.06. The van der Waals surface area contributed by atoms with Crippen LogP contribution in [0.25, 0.3) is 0 Å². The van der Waals surface area contributed by atoms with Gasteiger partial charge < -0.3 is 34.7 Å². The highest BCUT2D eigenvalue weighted by molar-refractivity contribution is 6.04. The third-order valence-electron chi connectivity index (χ3n) is 7.53. The van der Waals surface area contributed by atoms with E-state index in [0.717, 1.165) is 31.2 Å². The van der Waals surface area contributed by atoms with E-state index in [2.05, 4.69) is 10.6 Å². The van der Waals surface area contributed by atoms with E-state index in [1.165, 1.54) is 0 Å². The first kappa shape index (κ1) is 23.1. The molecule has 0 spiro atoms. The summed E-state index contributed by atoms with van der Waals surface area (Å²) in [4.78, 5) is 25.5. The third-order valence-corrected chi connectivity index (χ3v) is 7.53. The zero-order valence-electron chi connectivity index (χ0n) is 19.9. The van der Waals surface area contributed by atoms with Gasteiger partial charge in [0.2, 0.25) is 12.7 Å². The number of anilines is 1. The van der Waals surface area contributed by atoms with Crippen LogP contribution in [0.15, 0.2) is 36.4 Å². The van der Waals surface area contributed by atoms with Gasteiger partial charge in [0.1, 0.15) is 18.0 Å². The number of benzene rings is 2. The summed E-state index contributed by atoms with van der Waals surface area (Å²) < 4.78 is 22.9. The summed E-state index contributed by atoms with van der Waals surface area (Å²) in [7, 11) is 0. The van der Waals surface area contributed by atoms with Gasteiger partial charge in [0.25, 0.3) is 5.91 Å². The molecule has 4 aliphatic rings. The zero-order chi connectivity index (χ0) is 24.6. The van der Waals surface area contributed by atoms with Crippen LogP contribution in [-0.2, 0) is 9.53 Å². The highest BCUT2D eigenvalue weighted by Crippen LogP contribution is 2.47. The van der Waals surface area contributed by atoms with Gasteiger partial charge in [0, 0.05) is 28.8 Å². The van der Waals surface area contributed by atoms with Gasteiger partial charge in [-0.2, -0.15) is 0 Å². The Morgan fingerprint density at radius 3 is 2.64 bits per heavy atom. The van der Waals surface area contributed by atoms with Gasteiger partial charge in [-0.25, -0.2) is 0 Å². The van der Waals surface area contributed by atoms with Crippen molar-refractivity contribution in [3.8, 4) is 17.2 Å². The van der Waals surface area contributed by atoms with Crippen LogP contribution in [-0.4, -0.2) is 54.7 Å². The lowest BCUT2D eigenvalue weighted by Gasteiger charge is -2.37. The highest BCUT2D eigenvalue weighted by Gasteiger charge is 2.46. The maximum atomic E-state index is 12.9. The number of hydrogen-bond donors (Lipinski definition) is 3. The number of ether oxygens (including phenoxy) is 4. The number of aliphatic hydroxyl groups excluding tert-OH is 1. The monoisotopic (exact) mass is 494 g/mol. The van der Waals surface area contributed by atoms with E-state index in [0.29, 0.717) is 34.9 Å². The smallest absolute Gasteiger partial charge is 0.255 e. The Morgan fingerprint density at radius 1 is 1.00 bits per heavy atom. The molecule has 6 rings (SSSR count). The molecular formula is C27H30N2O7. The van der Waals surface area contributed by atoms with Crippen molar-refractivity contribution in [2.45, 2.75) is 68.8 Å². The molecular weight excluding hydrogens is 464 g/mol. The predicted molar refractivity (Wildman–Crippen MR) is 129 cm³/mol. The molecule has 190 valence electrons. The van der Waals surface area contributed by atoms with Crippen LogP contribution < -0.4 is 24.8 Å². The molecule has 2 aromatic rings. The summed E-state index contributed by atoms with van der Waals surface area (Å²) in [5, 5.41) is 16.1. The van der Waals surface area contributed by atoms with Gasteiger partial charge in [-0.05, 0) is 55.7 Å². The molecule has 9 heteroatoms. The van der Waals surface area contributed by atoms with Crippen LogP contribution in [0.1, 0.15) is 60.4 Å². The van der Waals surface area contributed by atoms with E-state index in [9.17, 15) is 14.7 Å². The van der Waals surface area contributed by atoms with Crippen molar-refractivity contribution < 1.29 is 33.6 Å². The van der Waals surface area contributed by atoms with Crippen molar-refractivity contribution in [1.29, 1.82) is 0 Å². The SMILES string of the molecule is O=C(C[C@H]1C[C@H]2c3cc(NC(=O)c4ccc5c(c4)OCO5)ccc3O[C@H]2[C@H](CO)O1)NC1CCCC1. The first-order valence-corrected chi connectivity index (χ1v) is 12.6. The molecule has 0 unspecified atom stereocenters. The van der Waals surface area contributed by atoms with Gasteiger partial charge >= 0.3 is 0 Å². The largest absolute Gasteiger partial charge is 0.487 e. The van der Waals surface area contributed by atoms with E-state index >= 15 is 0 Å². The van der Waals surface area contributed by atoms with Crippen molar-refractivity contribution in [3.63, 3.8) is 0 Å². The molecule has 2 fully saturated rings. The highest BCUT2D eigenvalue weighted by atomic mass is 16.7. The van der Waals surface area contributed by atoms with Crippen LogP contribution in [0, 0.1) is 0 Å². The molecule has 1 saturated carbocycles. The number of amides is 2. The minimum atomic E-state index is -0.521. The fourth-order valence-electron chi connectivity index (χ4n) is 5.77. The van der Waals surface area contributed by atoms with Crippen LogP contribution in [0.3, 0.4) is 0 Å². The van der Waals surface area contributed by atoms with E-state index < -0.39 is 6.10 Å². The van der Waals surface area contributed by atoms with Gasteiger partial charge in [-0.15, -0.1) is 0 Å². The molecule has 0 bridgehead atoms. The van der Waals surface area contributed by atoms with Crippen LogP contribution >= 0.6 is 0 Å². The normalized spacial score (nSPS) is 26.1. The Morgan fingerprint density at radius 2 is 1.81 bits per heavy atom. The van der Waals surface area contributed by atoms with Crippen LogP contribution in [0.2, 0.25) is 0 Å². The van der Waals surface area contributed by atoms with Crippen molar-refractivity contribution >= 4 is 17.5 Å². The average Bonchev–Trinajstić information content (AvgIpc) is 3.63. The van der Waals surface area contributed by atoms with Crippen molar-refractivity contribution in [1.82, 2.24) is 5.32 Å². The second kappa shape index (κ2) is 9.63. The summed E-state index contributed by atoms with van der Waals surface area (Å²) in [5.74, 6) is 1.57. The van der Waals surface area contributed by atoms with Crippen molar-refractivity contribution in [3.05, 3.63) is 47.5 Å². The van der Waals surface area contributed by atoms with Crippen molar-refractivity contribution in [2.75, 3.05) is 18.7 Å². The minimum absolute atomic E-state index is 0.00841. The number of aliphatic hydroxyl groups is 1. The molecule has 3 N–H and O–H groups in total. The molecule has 0 aromatic heterocycles. The Labute approximate surface area is 209 Å². The first-order chi connectivity index (χ1) is 17.6. The van der Waals surface area contributed by atoms with Gasteiger partial charge in [-0.1, -0.05) is 12.8 Å². The van der Waals surface area contributed by atoms with E-state index in [1.807, 2.05) is 12.1 Å². The molecule has 9 nitrogen and oxygen atoms in total. The fraction of sp³-hybridized carbons (Fsp3) is 0.481. The third kappa shape index (κ3) is 4.49. The minimum Gasteiger partial charge on any atom is -0.487 e. The lowest BCUT2D eigenvalue weighted by molar-refractivity contribution is -0.142. The second-order valence-corrected chi connectivity index (χ2v) is 9.93. The molecule has 1 aliphatic carbocycles. The van der Waals surface area contributed by atoms with Crippen LogP contribution in [0.4, 0.5) is 5.69 Å². The number of nitrogens with one attached hydrogen (secondary N) is 2. The van der Waals surface area contributed by atoms with Gasteiger partial charge in [0.15, 0.2) is 11.5 Å². The maximum Gasteiger partial charge on any atom is 0.255 e. The maximum absolute atomic E-state index is 12.9. The summed E-state index contributed by atoms with van der Waals surface area (Å²) >= 11 is 0. The number of hydrogen-bond acceptors (Lipinski definition) is 7. The van der Waals surface area contributed by atoms with E-state index in [-0.39, 0.29) is 55.8 Å². The molecule has 3 heterocycles. The molecule has 2 amide bonds. The summed E-state index contributed by atoms with van der Waals surface area (Å²) in [6.45, 7) is -0.0425. The standard InChI is InChI=1S/C27H30N2O7/c30-13-24-26-20(11-18(35-24)12-25(31)28-16-3-1-2-4-16)19-10-17(6-8-21(19)36-26)29-27(32)15-5-7-22-23(9-15)34-14-33-22/h5-10,16,18,20,24,26,30H,1-4,11-14H2,(H,28,31)(H,29,32)/t18-,20+,24+,26-/m1/s1. The molecule has 2 aromatic carbocycles. The quantitative estimate of drug-likeness (QED) is 0.565. The first-order valence-electron chi connectivity index (χ1n) is 12.6. The predicted octanol–water partition coefficient (Wildman–Crippen LogP) is 3.11. The Kier molecular flexibility index (Phi) is 6.18. The number of carbonyl (C=O) groups excluding carboxylic acids is 2. The number of carbonyl (C=O) groups is 2. The molecule has 36 heavy (non-hydrogen) atoms. The lowest BCUT2D eigenvalue weighted by atomic mass is 9.84.